The summed E-state index contributed by atoms with van der Waals surface area (Å²) in [6.45, 7) is 0.727. The second-order valence-electron chi connectivity index (χ2n) is 8.78. The predicted octanol–water partition coefficient (Wildman–Crippen LogP) is 5.17. The number of pyridine rings is 1. The Morgan fingerprint density at radius 3 is 2.66 bits per heavy atom. The highest BCUT2D eigenvalue weighted by atomic mass is 16.5. The summed E-state index contributed by atoms with van der Waals surface area (Å²) < 4.78 is 9.98. The predicted molar refractivity (Wildman–Crippen MR) is 117 cm³/mol. The molecule has 1 saturated carbocycles. The lowest BCUT2D eigenvalue weighted by atomic mass is 9.90. The molecule has 152 valence electrons. The summed E-state index contributed by atoms with van der Waals surface area (Å²) in [5, 5.41) is 1.34. The molecule has 0 aliphatic heterocycles. The Balaban J connectivity index is 1.41. The third-order valence-corrected chi connectivity index (χ3v) is 6.89. The molecule has 0 saturated heterocycles. The van der Waals surface area contributed by atoms with Crippen molar-refractivity contribution >= 4 is 10.9 Å². The summed E-state index contributed by atoms with van der Waals surface area (Å²) in [5.74, 6) is 1.32. The second-order valence-corrected chi connectivity index (χ2v) is 8.78. The van der Waals surface area contributed by atoms with Crippen LogP contribution in [-0.4, -0.2) is 15.7 Å². The highest BCUT2D eigenvalue weighted by Crippen LogP contribution is 2.32. The van der Waals surface area contributed by atoms with Crippen LogP contribution in [0.25, 0.3) is 16.6 Å². The molecule has 0 atom stereocenters. The number of rotatable bonds is 4. The van der Waals surface area contributed by atoms with Gasteiger partial charge in [0.1, 0.15) is 5.75 Å². The molecule has 29 heavy (non-hydrogen) atoms. The standard InChI is InChI=1S/C25H30N2O2/c1-26-23-10-6-5-9-21(23)22-12-11-19(15-24(22)26)27-14-13-20(16-25(27)28)29-17-18-7-3-2-4-8-18/h11-16,18H,2-10,17H2,1H3. The Morgan fingerprint density at radius 1 is 1.00 bits per heavy atom. The first-order valence-electron chi connectivity index (χ1n) is 11.2. The van der Waals surface area contributed by atoms with E-state index >= 15 is 0 Å². The molecular weight excluding hydrogens is 360 g/mol. The van der Waals surface area contributed by atoms with Gasteiger partial charge in [-0.25, -0.2) is 0 Å². The lowest BCUT2D eigenvalue weighted by molar-refractivity contribution is 0.208. The lowest BCUT2D eigenvalue weighted by Gasteiger charge is -2.21. The van der Waals surface area contributed by atoms with Crippen molar-refractivity contribution in [2.75, 3.05) is 6.61 Å². The summed E-state index contributed by atoms with van der Waals surface area (Å²) in [4.78, 5) is 12.8. The maximum atomic E-state index is 12.8. The number of ether oxygens (including phenoxy) is 1. The highest BCUT2D eigenvalue weighted by molar-refractivity contribution is 5.87. The van der Waals surface area contributed by atoms with Gasteiger partial charge in [-0.3, -0.25) is 9.36 Å². The Kier molecular flexibility index (Phi) is 4.94. The molecule has 0 bridgehead atoms. The number of nitrogens with zero attached hydrogens (tertiary/aromatic N) is 2. The van der Waals surface area contributed by atoms with Crippen molar-refractivity contribution in [1.82, 2.24) is 9.13 Å². The largest absolute Gasteiger partial charge is 0.493 e. The van der Waals surface area contributed by atoms with Crippen molar-refractivity contribution in [1.29, 1.82) is 0 Å². The first-order chi connectivity index (χ1) is 14.2. The normalized spacial score (nSPS) is 17.4. The van der Waals surface area contributed by atoms with Gasteiger partial charge in [0, 0.05) is 30.4 Å². The van der Waals surface area contributed by atoms with Crippen molar-refractivity contribution in [3.8, 4) is 11.4 Å². The SMILES string of the molecule is Cn1c2c(c3ccc(-n4ccc(OCC5CCCCC5)cc4=O)cc31)CCCC2. The molecule has 5 rings (SSSR count). The Hall–Kier alpha value is -2.49. The summed E-state index contributed by atoms with van der Waals surface area (Å²) in [7, 11) is 2.15. The Bertz CT molecular complexity index is 1090. The summed E-state index contributed by atoms with van der Waals surface area (Å²) in [5.41, 5.74) is 5.06. The summed E-state index contributed by atoms with van der Waals surface area (Å²) >= 11 is 0. The molecule has 2 aromatic heterocycles. The molecule has 1 fully saturated rings. The van der Waals surface area contributed by atoms with E-state index in [9.17, 15) is 4.79 Å². The van der Waals surface area contributed by atoms with E-state index in [1.54, 1.807) is 10.6 Å². The minimum absolute atomic E-state index is 0.0375. The first-order valence-corrected chi connectivity index (χ1v) is 11.2. The molecule has 4 heteroatoms. The van der Waals surface area contributed by atoms with E-state index in [2.05, 4.69) is 29.8 Å². The molecular formula is C25H30N2O2. The Morgan fingerprint density at radius 2 is 1.83 bits per heavy atom. The smallest absolute Gasteiger partial charge is 0.258 e. The Labute approximate surface area is 172 Å². The van der Waals surface area contributed by atoms with Crippen molar-refractivity contribution in [2.45, 2.75) is 57.8 Å². The van der Waals surface area contributed by atoms with Crippen LogP contribution in [0.2, 0.25) is 0 Å². The number of fused-ring (bicyclic) bond motifs is 3. The van der Waals surface area contributed by atoms with Gasteiger partial charge in [-0.2, -0.15) is 0 Å². The van der Waals surface area contributed by atoms with Crippen LogP contribution < -0.4 is 10.3 Å². The molecule has 2 aliphatic carbocycles. The van der Waals surface area contributed by atoms with E-state index in [0.29, 0.717) is 11.7 Å². The summed E-state index contributed by atoms with van der Waals surface area (Å²) in [6, 6.07) is 9.96. The van der Waals surface area contributed by atoms with Crippen LogP contribution in [0.1, 0.15) is 56.2 Å². The highest BCUT2D eigenvalue weighted by Gasteiger charge is 2.19. The second kappa shape index (κ2) is 7.74. The number of aryl methyl sites for hydroxylation is 2. The lowest BCUT2D eigenvalue weighted by Crippen LogP contribution is -2.19. The van der Waals surface area contributed by atoms with E-state index in [1.807, 2.05) is 12.3 Å². The van der Waals surface area contributed by atoms with Crippen molar-refractivity contribution in [3.63, 3.8) is 0 Å². The van der Waals surface area contributed by atoms with Gasteiger partial charge in [0.05, 0.1) is 17.8 Å². The van der Waals surface area contributed by atoms with Gasteiger partial charge in [0.2, 0.25) is 0 Å². The van der Waals surface area contributed by atoms with E-state index in [1.165, 1.54) is 73.5 Å². The fraction of sp³-hybridized carbons (Fsp3) is 0.480. The van der Waals surface area contributed by atoms with E-state index in [4.69, 9.17) is 4.74 Å². The average molecular weight is 391 g/mol. The third-order valence-electron chi connectivity index (χ3n) is 6.89. The fourth-order valence-electron chi connectivity index (χ4n) is 5.23. The van der Waals surface area contributed by atoms with Crippen LogP contribution >= 0.6 is 0 Å². The molecule has 0 spiro atoms. The van der Waals surface area contributed by atoms with Crippen LogP contribution in [0, 0.1) is 5.92 Å². The van der Waals surface area contributed by atoms with Gasteiger partial charge in [0.15, 0.2) is 0 Å². The van der Waals surface area contributed by atoms with Gasteiger partial charge in [-0.05, 0) is 68.2 Å². The summed E-state index contributed by atoms with van der Waals surface area (Å²) in [6.07, 6.45) is 13.2. The van der Waals surface area contributed by atoms with Crippen LogP contribution in [-0.2, 0) is 19.9 Å². The average Bonchev–Trinajstić information content (AvgIpc) is 3.05. The topological polar surface area (TPSA) is 36.2 Å². The minimum Gasteiger partial charge on any atom is -0.493 e. The molecule has 4 nitrogen and oxygen atoms in total. The molecule has 3 aromatic rings. The van der Waals surface area contributed by atoms with Crippen molar-refractivity contribution < 1.29 is 4.74 Å². The first kappa shape index (κ1) is 18.5. The molecule has 0 unspecified atom stereocenters. The zero-order valence-corrected chi connectivity index (χ0v) is 17.3. The number of hydrogen-bond donors (Lipinski definition) is 0. The number of hydrogen-bond acceptors (Lipinski definition) is 2. The quantitative estimate of drug-likeness (QED) is 0.616. The maximum absolute atomic E-state index is 12.8. The molecule has 2 heterocycles. The van der Waals surface area contributed by atoms with Crippen molar-refractivity contribution in [3.05, 3.63) is 58.1 Å². The van der Waals surface area contributed by atoms with Gasteiger partial charge in [-0.1, -0.05) is 25.3 Å². The number of benzene rings is 1. The number of aromatic nitrogens is 2. The van der Waals surface area contributed by atoms with Crippen LogP contribution in [0.5, 0.6) is 5.75 Å². The van der Waals surface area contributed by atoms with Gasteiger partial charge >= 0.3 is 0 Å². The van der Waals surface area contributed by atoms with Crippen LogP contribution in [0.15, 0.2) is 41.3 Å². The van der Waals surface area contributed by atoms with Gasteiger partial charge in [0.25, 0.3) is 5.56 Å². The van der Waals surface area contributed by atoms with E-state index in [0.717, 1.165) is 18.7 Å². The minimum atomic E-state index is -0.0375. The molecule has 0 amide bonds. The third kappa shape index (κ3) is 3.50. The monoisotopic (exact) mass is 390 g/mol. The molecule has 2 aliphatic rings. The van der Waals surface area contributed by atoms with E-state index in [-0.39, 0.29) is 5.56 Å². The van der Waals surface area contributed by atoms with Gasteiger partial charge < -0.3 is 9.30 Å². The molecule has 1 aromatic carbocycles. The van der Waals surface area contributed by atoms with Crippen LogP contribution in [0.3, 0.4) is 0 Å². The zero-order valence-electron chi connectivity index (χ0n) is 17.3. The zero-order chi connectivity index (χ0) is 19.8. The van der Waals surface area contributed by atoms with Gasteiger partial charge in [-0.15, -0.1) is 0 Å². The molecule has 0 N–H and O–H groups in total. The van der Waals surface area contributed by atoms with Crippen molar-refractivity contribution in [2.24, 2.45) is 13.0 Å². The fourth-order valence-corrected chi connectivity index (χ4v) is 5.23. The maximum Gasteiger partial charge on any atom is 0.258 e. The molecule has 0 radical (unpaired) electrons. The van der Waals surface area contributed by atoms with Crippen LogP contribution in [0.4, 0.5) is 0 Å². The van der Waals surface area contributed by atoms with E-state index < -0.39 is 0 Å².